The number of rotatable bonds is 10. The van der Waals surface area contributed by atoms with E-state index < -0.39 is 11.9 Å². The standard InChI is InChI=1S/C28H27IN4O4/c1-18(2)25(32-27(34)20-9-5-4-6-10-20)28(35)33-31-16-19-13-23(29)26(24(14-19)36-3)37-17-22-12-8-7-11-21(22)15-30/h4-14,16,18,25H,17H2,1-3H3,(H,32,34)(H,33,35). The topological polar surface area (TPSA) is 113 Å². The van der Waals surface area contributed by atoms with Gasteiger partial charge in [0.2, 0.25) is 0 Å². The van der Waals surface area contributed by atoms with E-state index in [1.54, 1.807) is 42.5 Å². The van der Waals surface area contributed by atoms with Crippen LogP contribution in [-0.4, -0.2) is 31.2 Å². The zero-order valence-electron chi connectivity index (χ0n) is 20.7. The Morgan fingerprint density at radius 3 is 2.49 bits per heavy atom. The molecule has 0 aliphatic carbocycles. The van der Waals surface area contributed by atoms with Crippen LogP contribution in [0.25, 0.3) is 0 Å². The molecule has 0 spiro atoms. The van der Waals surface area contributed by atoms with Crippen LogP contribution in [-0.2, 0) is 11.4 Å². The summed E-state index contributed by atoms with van der Waals surface area (Å²) in [6.45, 7) is 3.91. The third-order valence-corrected chi connectivity index (χ3v) is 6.22. The van der Waals surface area contributed by atoms with Crippen molar-refractivity contribution in [1.29, 1.82) is 5.26 Å². The number of methoxy groups -OCH3 is 1. The molecule has 1 atom stereocenters. The molecule has 3 rings (SSSR count). The average Bonchev–Trinajstić information content (AvgIpc) is 2.91. The van der Waals surface area contributed by atoms with Crippen LogP contribution in [0.15, 0.2) is 71.8 Å². The lowest BCUT2D eigenvalue weighted by molar-refractivity contribution is -0.123. The van der Waals surface area contributed by atoms with Crippen LogP contribution in [0.2, 0.25) is 0 Å². The molecule has 0 aliphatic heterocycles. The molecule has 0 aromatic heterocycles. The second-order valence-electron chi connectivity index (χ2n) is 8.39. The summed E-state index contributed by atoms with van der Waals surface area (Å²) in [5.41, 5.74) is 4.99. The number of amides is 2. The quantitative estimate of drug-likeness (QED) is 0.197. The summed E-state index contributed by atoms with van der Waals surface area (Å²) < 4.78 is 12.3. The summed E-state index contributed by atoms with van der Waals surface area (Å²) in [6.07, 6.45) is 1.49. The molecule has 3 aromatic carbocycles. The minimum Gasteiger partial charge on any atom is -0.493 e. The van der Waals surface area contributed by atoms with Crippen LogP contribution in [0.1, 0.15) is 40.9 Å². The van der Waals surface area contributed by atoms with Gasteiger partial charge in [0, 0.05) is 11.1 Å². The van der Waals surface area contributed by atoms with Gasteiger partial charge in [0.05, 0.1) is 28.5 Å². The number of hydrogen-bond donors (Lipinski definition) is 2. The van der Waals surface area contributed by atoms with E-state index in [0.29, 0.717) is 28.2 Å². The Hall–Kier alpha value is -3.91. The van der Waals surface area contributed by atoms with Crippen molar-refractivity contribution in [1.82, 2.24) is 10.7 Å². The Kier molecular flexibility index (Phi) is 10.0. The van der Waals surface area contributed by atoms with Crippen molar-refractivity contribution >= 4 is 40.6 Å². The van der Waals surface area contributed by atoms with Gasteiger partial charge in [0.1, 0.15) is 12.6 Å². The molecule has 0 heterocycles. The van der Waals surface area contributed by atoms with Gasteiger partial charge in [0.25, 0.3) is 11.8 Å². The van der Waals surface area contributed by atoms with Gasteiger partial charge < -0.3 is 14.8 Å². The normalized spacial score (nSPS) is 11.6. The Morgan fingerprint density at radius 2 is 1.81 bits per heavy atom. The number of nitriles is 1. The minimum atomic E-state index is -0.758. The summed E-state index contributed by atoms with van der Waals surface area (Å²) in [5, 5.41) is 16.1. The number of hydrazone groups is 1. The number of hydrogen-bond acceptors (Lipinski definition) is 6. The first-order valence-corrected chi connectivity index (χ1v) is 12.6. The Morgan fingerprint density at radius 1 is 1.11 bits per heavy atom. The van der Waals surface area contributed by atoms with E-state index in [9.17, 15) is 14.9 Å². The van der Waals surface area contributed by atoms with E-state index in [2.05, 4.69) is 44.5 Å². The van der Waals surface area contributed by atoms with Crippen LogP contribution >= 0.6 is 22.6 Å². The monoisotopic (exact) mass is 610 g/mol. The fourth-order valence-corrected chi connectivity index (χ4v) is 4.23. The molecule has 2 amide bonds. The van der Waals surface area contributed by atoms with Gasteiger partial charge in [-0.05, 0) is 64.4 Å². The fourth-order valence-electron chi connectivity index (χ4n) is 3.45. The second kappa shape index (κ2) is 13.4. The minimum absolute atomic E-state index is 0.147. The van der Waals surface area contributed by atoms with E-state index in [-0.39, 0.29) is 18.4 Å². The molecule has 0 saturated carbocycles. The average molecular weight is 610 g/mol. The van der Waals surface area contributed by atoms with Gasteiger partial charge in [-0.15, -0.1) is 0 Å². The molecular formula is C28H27IN4O4. The lowest BCUT2D eigenvalue weighted by atomic mass is 10.0. The van der Waals surface area contributed by atoms with Crippen molar-refractivity contribution in [2.75, 3.05) is 7.11 Å². The summed E-state index contributed by atoms with van der Waals surface area (Å²) in [5.74, 6) is 0.135. The molecule has 0 saturated heterocycles. The number of benzene rings is 3. The van der Waals surface area contributed by atoms with Crippen LogP contribution < -0.4 is 20.2 Å². The van der Waals surface area contributed by atoms with Crippen molar-refractivity contribution in [2.45, 2.75) is 26.5 Å². The first-order valence-electron chi connectivity index (χ1n) is 11.5. The summed E-state index contributed by atoms with van der Waals surface area (Å²) in [6, 6.07) is 20.9. The SMILES string of the molecule is COc1cc(C=NNC(=O)C(NC(=O)c2ccccc2)C(C)C)cc(I)c1OCc1ccccc1C#N. The van der Waals surface area contributed by atoms with Crippen molar-refractivity contribution in [2.24, 2.45) is 11.0 Å². The van der Waals surface area contributed by atoms with Gasteiger partial charge in [0.15, 0.2) is 11.5 Å². The third kappa shape index (κ3) is 7.54. The lowest BCUT2D eigenvalue weighted by Gasteiger charge is -2.20. The van der Waals surface area contributed by atoms with Gasteiger partial charge in [-0.1, -0.05) is 50.2 Å². The zero-order chi connectivity index (χ0) is 26.8. The highest BCUT2D eigenvalue weighted by molar-refractivity contribution is 14.1. The largest absolute Gasteiger partial charge is 0.493 e. The highest BCUT2D eigenvalue weighted by Crippen LogP contribution is 2.34. The van der Waals surface area contributed by atoms with Gasteiger partial charge in [-0.3, -0.25) is 9.59 Å². The maximum atomic E-state index is 12.7. The fraction of sp³-hybridized carbons (Fsp3) is 0.214. The highest BCUT2D eigenvalue weighted by atomic mass is 127. The molecule has 8 nitrogen and oxygen atoms in total. The van der Waals surface area contributed by atoms with Crippen molar-refractivity contribution in [3.05, 3.63) is 92.6 Å². The molecule has 190 valence electrons. The number of nitrogens with one attached hydrogen (secondary N) is 2. The maximum absolute atomic E-state index is 12.7. The molecule has 0 bridgehead atoms. The van der Waals surface area contributed by atoms with Crippen LogP contribution in [0.4, 0.5) is 0 Å². The van der Waals surface area contributed by atoms with Gasteiger partial charge in [-0.25, -0.2) is 5.43 Å². The summed E-state index contributed by atoms with van der Waals surface area (Å²) >= 11 is 2.13. The predicted molar refractivity (Wildman–Crippen MR) is 149 cm³/mol. The molecule has 2 N–H and O–H groups in total. The molecule has 0 radical (unpaired) electrons. The highest BCUT2D eigenvalue weighted by Gasteiger charge is 2.24. The molecule has 0 aliphatic rings. The van der Waals surface area contributed by atoms with Crippen LogP contribution in [0.3, 0.4) is 0 Å². The zero-order valence-corrected chi connectivity index (χ0v) is 22.9. The number of ether oxygens (including phenoxy) is 2. The molecule has 3 aromatic rings. The first kappa shape index (κ1) is 27.7. The van der Waals surface area contributed by atoms with Crippen LogP contribution in [0.5, 0.6) is 11.5 Å². The van der Waals surface area contributed by atoms with Crippen LogP contribution in [0, 0.1) is 20.8 Å². The molecule has 1 unspecified atom stereocenters. The molecule has 9 heteroatoms. The summed E-state index contributed by atoms with van der Waals surface area (Å²) in [7, 11) is 1.53. The Labute approximate surface area is 229 Å². The van der Waals surface area contributed by atoms with E-state index in [4.69, 9.17) is 9.47 Å². The number of carbonyl (C=O) groups is 2. The lowest BCUT2D eigenvalue weighted by Crippen LogP contribution is -2.48. The molecular weight excluding hydrogens is 583 g/mol. The van der Waals surface area contributed by atoms with Crippen molar-refractivity contribution in [3.63, 3.8) is 0 Å². The Balaban J connectivity index is 1.67. The van der Waals surface area contributed by atoms with E-state index in [1.807, 2.05) is 38.1 Å². The first-order chi connectivity index (χ1) is 17.8. The van der Waals surface area contributed by atoms with Gasteiger partial charge >= 0.3 is 0 Å². The predicted octanol–water partition coefficient (Wildman–Crippen LogP) is 4.66. The van der Waals surface area contributed by atoms with E-state index >= 15 is 0 Å². The van der Waals surface area contributed by atoms with Crippen molar-refractivity contribution in [3.8, 4) is 17.6 Å². The number of nitrogens with zero attached hydrogens (tertiary/aromatic N) is 2. The Bertz CT molecular complexity index is 1320. The van der Waals surface area contributed by atoms with Gasteiger partial charge in [-0.2, -0.15) is 10.4 Å². The van der Waals surface area contributed by atoms with E-state index in [0.717, 1.165) is 9.13 Å². The van der Waals surface area contributed by atoms with E-state index in [1.165, 1.54) is 13.3 Å². The van der Waals surface area contributed by atoms with Crippen molar-refractivity contribution < 1.29 is 19.1 Å². The molecule has 37 heavy (non-hydrogen) atoms. The maximum Gasteiger partial charge on any atom is 0.262 e. The number of halogens is 1. The molecule has 0 fully saturated rings. The smallest absolute Gasteiger partial charge is 0.262 e. The third-order valence-electron chi connectivity index (χ3n) is 5.42. The second-order valence-corrected chi connectivity index (χ2v) is 9.55. The number of carbonyl (C=O) groups excluding carboxylic acids is 2. The summed E-state index contributed by atoms with van der Waals surface area (Å²) in [4.78, 5) is 25.3.